The first kappa shape index (κ1) is 13.5. The highest BCUT2D eigenvalue weighted by atomic mass is 16.3. The summed E-state index contributed by atoms with van der Waals surface area (Å²) in [6.07, 6.45) is 5.80. The van der Waals surface area contributed by atoms with E-state index in [2.05, 4.69) is 5.32 Å². The van der Waals surface area contributed by atoms with E-state index in [0.717, 1.165) is 6.42 Å². The normalized spacial score (nSPS) is 20.7. The maximum atomic E-state index is 11.5. The van der Waals surface area contributed by atoms with E-state index >= 15 is 0 Å². The number of aliphatic hydroxyl groups is 2. The third-order valence-corrected chi connectivity index (χ3v) is 3.38. The van der Waals surface area contributed by atoms with Gasteiger partial charge in [0.2, 0.25) is 5.91 Å². The predicted molar refractivity (Wildman–Crippen MR) is 61.9 cm³/mol. The lowest BCUT2D eigenvalue weighted by Crippen LogP contribution is -2.44. The molecule has 1 fully saturated rings. The van der Waals surface area contributed by atoms with Crippen molar-refractivity contribution >= 4 is 5.91 Å². The van der Waals surface area contributed by atoms with Crippen molar-refractivity contribution in [2.75, 3.05) is 6.61 Å². The summed E-state index contributed by atoms with van der Waals surface area (Å²) in [5, 5.41) is 20.9. The molecule has 1 aliphatic carbocycles. The number of nitrogens with one attached hydrogen (secondary N) is 1. The first-order chi connectivity index (χ1) is 7.63. The Kier molecular flexibility index (Phi) is 5.77. The van der Waals surface area contributed by atoms with Crippen LogP contribution in [0.1, 0.15) is 45.4 Å². The third kappa shape index (κ3) is 4.49. The van der Waals surface area contributed by atoms with Crippen molar-refractivity contribution < 1.29 is 15.0 Å². The fourth-order valence-corrected chi connectivity index (χ4v) is 2.23. The minimum atomic E-state index is -0.708. The second-order valence-corrected chi connectivity index (χ2v) is 4.79. The molecule has 0 saturated heterocycles. The zero-order chi connectivity index (χ0) is 12.0. The molecule has 0 heterocycles. The molecule has 0 aromatic rings. The van der Waals surface area contributed by atoms with Gasteiger partial charge in [-0.3, -0.25) is 4.79 Å². The number of carbonyl (C=O) groups is 1. The van der Waals surface area contributed by atoms with Gasteiger partial charge in [-0.15, -0.1) is 0 Å². The molecular weight excluding hydrogens is 206 g/mol. The fourth-order valence-electron chi connectivity index (χ4n) is 2.23. The van der Waals surface area contributed by atoms with E-state index in [9.17, 15) is 9.90 Å². The smallest absolute Gasteiger partial charge is 0.220 e. The van der Waals surface area contributed by atoms with Gasteiger partial charge in [0.05, 0.1) is 18.8 Å². The molecule has 1 saturated carbocycles. The molecule has 0 aliphatic heterocycles. The molecule has 4 nitrogen and oxygen atoms in total. The molecule has 3 N–H and O–H groups in total. The highest BCUT2D eigenvalue weighted by Crippen LogP contribution is 2.28. The summed E-state index contributed by atoms with van der Waals surface area (Å²) in [6.45, 7) is 1.35. The second kappa shape index (κ2) is 6.86. The van der Waals surface area contributed by atoms with Gasteiger partial charge in [-0.05, 0) is 19.3 Å². The first-order valence-electron chi connectivity index (χ1n) is 6.21. The average molecular weight is 229 g/mol. The van der Waals surface area contributed by atoms with Crippen molar-refractivity contribution in [3.63, 3.8) is 0 Å². The Bertz CT molecular complexity index is 212. The molecule has 1 unspecified atom stereocenters. The van der Waals surface area contributed by atoms with E-state index in [-0.39, 0.29) is 12.5 Å². The number of hydrogen-bond acceptors (Lipinski definition) is 3. The molecule has 1 amide bonds. The zero-order valence-corrected chi connectivity index (χ0v) is 9.98. The van der Waals surface area contributed by atoms with Crippen LogP contribution in [0.4, 0.5) is 0 Å². The monoisotopic (exact) mass is 229 g/mol. The summed E-state index contributed by atoms with van der Waals surface area (Å²) < 4.78 is 0. The SMILES string of the molecule is CC(O)[C@H](CO)NC(=O)CCC1CCCC1. The highest BCUT2D eigenvalue weighted by molar-refractivity contribution is 5.76. The molecule has 0 bridgehead atoms. The molecular formula is C12H23NO3. The lowest BCUT2D eigenvalue weighted by Gasteiger charge is -2.19. The van der Waals surface area contributed by atoms with Crippen LogP contribution in [0.15, 0.2) is 0 Å². The van der Waals surface area contributed by atoms with Crippen molar-refractivity contribution in [3.8, 4) is 0 Å². The van der Waals surface area contributed by atoms with Crippen LogP contribution in [0.3, 0.4) is 0 Å². The van der Waals surface area contributed by atoms with Gasteiger partial charge in [-0.1, -0.05) is 25.7 Å². The van der Waals surface area contributed by atoms with Gasteiger partial charge in [0.1, 0.15) is 0 Å². The van der Waals surface area contributed by atoms with E-state index in [0.29, 0.717) is 12.3 Å². The van der Waals surface area contributed by atoms with Crippen LogP contribution in [0, 0.1) is 5.92 Å². The van der Waals surface area contributed by atoms with Gasteiger partial charge >= 0.3 is 0 Å². The van der Waals surface area contributed by atoms with Crippen LogP contribution in [0.25, 0.3) is 0 Å². The number of aliphatic hydroxyl groups excluding tert-OH is 2. The Hall–Kier alpha value is -0.610. The van der Waals surface area contributed by atoms with E-state index < -0.39 is 12.1 Å². The second-order valence-electron chi connectivity index (χ2n) is 4.79. The molecule has 16 heavy (non-hydrogen) atoms. The first-order valence-corrected chi connectivity index (χ1v) is 6.21. The molecule has 0 radical (unpaired) electrons. The van der Waals surface area contributed by atoms with Gasteiger partial charge in [-0.2, -0.15) is 0 Å². The van der Waals surface area contributed by atoms with Crippen molar-refractivity contribution in [2.45, 2.75) is 57.6 Å². The maximum absolute atomic E-state index is 11.5. The van der Waals surface area contributed by atoms with Crippen LogP contribution < -0.4 is 5.32 Å². The van der Waals surface area contributed by atoms with Crippen LogP contribution in [-0.2, 0) is 4.79 Å². The number of carbonyl (C=O) groups excluding carboxylic acids is 1. The minimum Gasteiger partial charge on any atom is -0.394 e. The summed E-state index contributed by atoms with van der Waals surface area (Å²) in [4.78, 5) is 11.5. The summed E-state index contributed by atoms with van der Waals surface area (Å²) in [5.41, 5.74) is 0. The standard InChI is InChI=1S/C12H23NO3/c1-9(15)11(8-14)13-12(16)7-6-10-4-2-3-5-10/h9-11,14-15H,2-8H2,1H3,(H,13,16)/t9?,11-/m0/s1. The zero-order valence-electron chi connectivity index (χ0n) is 9.98. The largest absolute Gasteiger partial charge is 0.394 e. The quantitative estimate of drug-likeness (QED) is 0.631. The third-order valence-electron chi connectivity index (χ3n) is 3.38. The fraction of sp³-hybridized carbons (Fsp3) is 0.917. The van der Waals surface area contributed by atoms with E-state index in [4.69, 9.17) is 5.11 Å². The number of hydrogen-bond donors (Lipinski definition) is 3. The Morgan fingerprint density at radius 3 is 2.56 bits per heavy atom. The summed E-state index contributed by atoms with van der Waals surface area (Å²) in [7, 11) is 0. The van der Waals surface area contributed by atoms with E-state index in [1.54, 1.807) is 6.92 Å². The van der Waals surface area contributed by atoms with Gasteiger partial charge in [0.25, 0.3) is 0 Å². The summed E-state index contributed by atoms with van der Waals surface area (Å²) in [5.74, 6) is 0.636. The molecule has 0 aromatic heterocycles. The molecule has 2 atom stereocenters. The molecule has 94 valence electrons. The van der Waals surface area contributed by atoms with Gasteiger partial charge in [0.15, 0.2) is 0 Å². The van der Waals surface area contributed by atoms with Gasteiger partial charge < -0.3 is 15.5 Å². The molecule has 4 heteroatoms. The average Bonchev–Trinajstić information content (AvgIpc) is 2.75. The maximum Gasteiger partial charge on any atom is 0.220 e. The highest BCUT2D eigenvalue weighted by Gasteiger charge is 2.19. The van der Waals surface area contributed by atoms with Crippen molar-refractivity contribution in [1.29, 1.82) is 0 Å². The van der Waals surface area contributed by atoms with Crippen LogP contribution in [0.5, 0.6) is 0 Å². The van der Waals surface area contributed by atoms with Gasteiger partial charge in [0, 0.05) is 6.42 Å². The number of amides is 1. The Morgan fingerprint density at radius 2 is 2.06 bits per heavy atom. The topological polar surface area (TPSA) is 69.6 Å². The van der Waals surface area contributed by atoms with Crippen LogP contribution in [-0.4, -0.2) is 34.9 Å². The molecule has 0 aromatic carbocycles. The van der Waals surface area contributed by atoms with Crippen molar-refractivity contribution in [2.24, 2.45) is 5.92 Å². The predicted octanol–water partition coefficient (Wildman–Crippen LogP) is 0.815. The Balaban J connectivity index is 2.18. The van der Waals surface area contributed by atoms with E-state index in [1.165, 1.54) is 25.7 Å². The van der Waals surface area contributed by atoms with Crippen LogP contribution >= 0.6 is 0 Å². The lowest BCUT2D eigenvalue weighted by atomic mass is 10.0. The number of rotatable bonds is 6. The Labute approximate surface area is 97.0 Å². The van der Waals surface area contributed by atoms with Crippen molar-refractivity contribution in [3.05, 3.63) is 0 Å². The minimum absolute atomic E-state index is 0.0631. The van der Waals surface area contributed by atoms with E-state index in [1.807, 2.05) is 0 Å². The molecule has 0 spiro atoms. The molecule has 1 rings (SSSR count). The van der Waals surface area contributed by atoms with Crippen molar-refractivity contribution in [1.82, 2.24) is 5.32 Å². The molecule has 1 aliphatic rings. The summed E-state index contributed by atoms with van der Waals surface area (Å²) >= 11 is 0. The van der Waals surface area contributed by atoms with Gasteiger partial charge in [-0.25, -0.2) is 0 Å². The van der Waals surface area contributed by atoms with Crippen LogP contribution in [0.2, 0.25) is 0 Å². The Morgan fingerprint density at radius 1 is 1.44 bits per heavy atom. The lowest BCUT2D eigenvalue weighted by molar-refractivity contribution is -0.123. The summed E-state index contributed by atoms with van der Waals surface area (Å²) in [6, 6.07) is -0.531.